The fourth-order valence-corrected chi connectivity index (χ4v) is 6.80. The fourth-order valence-electron chi connectivity index (χ4n) is 6.80. The van der Waals surface area contributed by atoms with E-state index in [1.807, 2.05) is 51.1 Å². The van der Waals surface area contributed by atoms with E-state index in [1.54, 1.807) is 17.1 Å². The molecule has 4 rings (SSSR count). The zero-order valence-corrected chi connectivity index (χ0v) is 25.5. The number of aliphatic hydroxyl groups excluding tert-OH is 1. The topological polar surface area (TPSA) is 125 Å². The van der Waals surface area contributed by atoms with Crippen molar-refractivity contribution in [2.75, 3.05) is 26.2 Å². The lowest BCUT2D eigenvalue weighted by molar-refractivity contribution is -0.160. The molecule has 0 saturated carbocycles. The molecule has 1 aromatic rings. The summed E-state index contributed by atoms with van der Waals surface area (Å²) in [6.07, 6.45) is 4.02. The smallest absolute Gasteiger partial charge is 0.313 e. The number of likely N-dealkylation sites (tertiary alicyclic amines) is 1. The summed E-state index contributed by atoms with van der Waals surface area (Å²) in [5.74, 6) is -3.17. The van der Waals surface area contributed by atoms with Crippen LogP contribution in [0.5, 0.6) is 0 Å². The van der Waals surface area contributed by atoms with E-state index in [4.69, 9.17) is 9.47 Å². The molecule has 1 spiro atoms. The van der Waals surface area contributed by atoms with E-state index in [0.717, 1.165) is 0 Å². The summed E-state index contributed by atoms with van der Waals surface area (Å²) in [5.41, 5.74) is -1.03. The molecule has 3 aliphatic rings. The molecule has 43 heavy (non-hydrogen) atoms. The normalized spacial score (nSPS) is 26.5. The molecule has 10 heteroatoms. The van der Waals surface area contributed by atoms with Crippen LogP contribution in [0.25, 0.3) is 0 Å². The highest BCUT2D eigenvalue weighted by Crippen LogP contribution is 2.59. The number of ether oxygens (including phenoxy) is 2. The number of esters is 1. The number of nitrogens with one attached hydrogen (secondary N) is 1. The number of nitrogens with zero attached hydrogens (tertiary/aromatic N) is 2. The van der Waals surface area contributed by atoms with Gasteiger partial charge >= 0.3 is 5.97 Å². The van der Waals surface area contributed by atoms with E-state index in [-0.39, 0.29) is 56.8 Å². The Labute approximate surface area is 254 Å². The predicted molar refractivity (Wildman–Crippen MR) is 160 cm³/mol. The second-order valence-electron chi connectivity index (χ2n) is 12.5. The van der Waals surface area contributed by atoms with Crippen molar-refractivity contribution in [1.29, 1.82) is 0 Å². The maximum absolute atomic E-state index is 14.3. The summed E-state index contributed by atoms with van der Waals surface area (Å²) < 4.78 is 12.6. The Morgan fingerprint density at radius 2 is 1.95 bits per heavy atom. The zero-order chi connectivity index (χ0) is 31.4. The summed E-state index contributed by atoms with van der Waals surface area (Å²) in [5, 5.41) is 12.4. The van der Waals surface area contributed by atoms with E-state index >= 15 is 0 Å². The first-order chi connectivity index (χ1) is 20.5. The van der Waals surface area contributed by atoms with Crippen molar-refractivity contribution < 1.29 is 33.8 Å². The van der Waals surface area contributed by atoms with Crippen molar-refractivity contribution in [3.8, 4) is 0 Å². The fraction of sp³-hybridized carbons (Fsp3) is 0.576. The van der Waals surface area contributed by atoms with E-state index in [2.05, 4.69) is 18.5 Å². The molecule has 3 amide bonds. The SMILES string of the molecule is C=CCCC(=O)NC[C@H](OC(=O)[C@@H]1[C@H]2C(=O)N(CCCO)[C@H](C(=O)N(CC=C)C(C)(C)C)[C@]23CC[C@H]1O3)c1ccccc1. The molecular weight excluding hydrogens is 550 g/mol. The first-order valence-electron chi connectivity index (χ1n) is 15.1. The Balaban J connectivity index is 1.63. The van der Waals surface area contributed by atoms with Gasteiger partial charge in [-0.3, -0.25) is 19.2 Å². The van der Waals surface area contributed by atoms with Gasteiger partial charge in [0.2, 0.25) is 17.7 Å². The molecule has 1 aromatic carbocycles. The number of hydrogen-bond donors (Lipinski definition) is 2. The van der Waals surface area contributed by atoms with E-state index in [0.29, 0.717) is 24.8 Å². The van der Waals surface area contributed by atoms with E-state index in [9.17, 15) is 24.3 Å². The average Bonchev–Trinajstić information content (AvgIpc) is 3.62. The number of rotatable bonds is 14. The number of amides is 3. The standard InChI is InChI=1S/C33H45N3O7/c1-6-8-15-25(38)34-21-24(22-13-10-9-11-14-22)42-31(41)26-23-16-17-33(43-23)27(26)29(39)35(19-12-20-37)28(33)30(40)36(18-7-2)32(3,4)5/h6-7,9-11,13-14,23-24,26-28,37H,1-2,8,12,15-21H2,3-5H3,(H,34,38)/t23-,24+,26+,27+,28-,33+/m1/s1. The molecule has 0 aromatic heterocycles. The minimum absolute atomic E-state index is 0.0690. The summed E-state index contributed by atoms with van der Waals surface area (Å²) in [7, 11) is 0. The van der Waals surface area contributed by atoms with Crippen molar-refractivity contribution in [3.63, 3.8) is 0 Å². The Morgan fingerprint density at radius 3 is 2.58 bits per heavy atom. The molecule has 6 atom stereocenters. The third-order valence-corrected chi connectivity index (χ3v) is 8.74. The second kappa shape index (κ2) is 13.4. The number of fused-ring (bicyclic) bond motifs is 1. The first-order valence-corrected chi connectivity index (χ1v) is 15.1. The van der Waals surface area contributed by atoms with Gasteiger partial charge in [0, 0.05) is 31.7 Å². The van der Waals surface area contributed by atoms with Gasteiger partial charge in [-0.2, -0.15) is 0 Å². The van der Waals surface area contributed by atoms with Gasteiger partial charge in [-0.05, 0) is 52.0 Å². The van der Waals surface area contributed by atoms with Gasteiger partial charge in [-0.15, -0.1) is 13.2 Å². The van der Waals surface area contributed by atoms with Gasteiger partial charge in [0.05, 0.1) is 24.5 Å². The highest BCUT2D eigenvalue weighted by atomic mass is 16.6. The van der Waals surface area contributed by atoms with Crippen LogP contribution in [0.3, 0.4) is 0 Å². The van der Waals surface area contributed by atoms with Gasteiger partial charge in [-0.1, -0.05) is 42.5 Å². The number of benzene rings is 1. The minimum Gasteiger partial charge on any atom is -0.455 e. The quantitative estimate of drug-likeness (QED) is 0.250. The first kappa shape index (κ1) is 32.4. The molecule has 2 bridgehead atoms. The van der Waals surface area contributed by atoms with Gasteiger partial charge in [0.1, 0.15) is 17.7 Å². The Morgan fingerprint density at radius 1 is 1.23 bits per heavy atom. The molecule has 0 aliphatic carbocycles. The van der Waals surface area contributed by atoms with Gasteiger partial charge in [0.15, 0.2) is 0 Å². The number of aliphatic hydroxyl groups is 1. The Hall–Kier alpha value is -3.50. The predicted octanol–water partition coefficient (Wildman–Crippen LogP) is 2.92. The monoisotopic (exact) mass is 595 g/mol. The Kier molecular flexibility index (Phi) is 10.1. The largest absolute Gasteiger partial charge is 0.455 e. The van der Waals surface area contributed by atoms with Crippen molar-refractivity contribution in [3.05, 3.63) is 61.2 Å². The highest BCUT2D eigenvalue weighted by molar-refractivity contribution is 5.98. The number of carbonyl (C=O) groups is 4. The molecule has 0 unspecified atom stereocenters. The number of allylic oxidation sites excluding steroid dienone is 1. The lowest BCUT2D eigenvalue weighted by Gasteiger charge is -2.42. The van der Waals surface area contributed by atoms with Crippen molar-refractivity contribution in [2.45, 2.75) is 82.3 Å². The number of carbonyl (C=O) groups excluding carboxylic acids is 4. The van der Waals surface area contributed by atoms with Crippen LogP contribution < -0.4 is 5.32 Å². The molecule has 3 fully saturated rings. The van der Waals surface area contributed by atoms with Crippen LogP contribution in [0.2, 0.25) is 0 Å². The van der Waals surface area contributed by atoms with Gasteiger partial charge in [-0.25, -0.2) is 0 Å². The maximum Gasteiger partial charge on any atom is 0.313 e. The van der Waals surface area contributed by atoms with Crippen LogP contribution in [0.15, 0.2) is 55.6 Å². The average molecular weight is 596 g/mol. The van der Waals surface area contributed by atoms with Crippen LogP contribution in [0.1, 0.15) is 64.5 Å². The third-order valence-electron chi connectivity index (χ3n) is 8.74. The highest BCUT2D eigenvalue weighted by Gasteiger charge is 2.75. The molecule has 3 heterocycles. The van der Waals surface area contributed by atoms with Crippen LogP contribution in [0.4, 0.5) is 0 Å². The van der Waals surface area contributed by atoms with Gasteiger partial charge in [0.25, 0.3) is 0 Å². The van der Waals surface area contributed by atoms with E-state index < -0.39 is 47.2 Å². The summed E-state index contributed by atoms with van der Waals surface area (Å²) in [4.78, 5) is 57.9. The zero-order valence-electron chi connectivity index (χ0n) is 25.5. The van der Waals surface area contributed by atoms with Crippen molar-refractivity contribution in [1.82, 2.24) is 15.1 Å². The summed E-state index contributed by atoms with van der Waals surface area (Å²) >= 11 is 0. The lowest BCUT2D eigenvalue weighted by Crippen LogP contribution is -2.60. The van der Waals surface area contributed by atoms with Gasteiger partial charge < -0.3 is 29.7 Å². The van der Waals surface area contributed by atoms with Crippen LogP contribution in [-0.4, -0.2) is 88.1 Å². The summed E-state index contributed by atoms with van der Waals surface area (Å²) in [6.45, 7) is 13.6. The molecule has 3 saturated heterocycles. The third kappa shape index (κ3) is 6.40. The summed E-state index contributed by atoms with van der Waals surface area (Å²) in [6, 6.07) is 8.20. The molecular formula is C33H45N3O7. The molecule has 0 radical (unpaired) electrons. The Bertz CT molecular complexity index is 1210. The molecule has 10 nitrogen and oxygen atoms in total. The van der Waals surface area contributed by atoms with Crippen molar-refractivity contribution >= 4 is 23.7 Å². The van der Waals surface area contributed by atoms with Crippen LogP contribution in [0, 0.1) is 11.8 Å². The van der Waals surface area contributed by atoms with Crippen LogP contribution >= 0.6 is 0 Å². The van der Waals surface area contributed by atoms with Crippen molar-refractivity contribution in [2.24, 2.45) is 11.8 Å². The molecule has 234 valence electrons. The minimum atomic E-state index is -1.18. The maximum atomic E-state index is 14.3. The van der Waals surface area contributed by atoms with Crippen LogP contribution in [-0.2, 0) is 28.7 Å². The van der Waals surface area contributed by atoms with E-state index in [1.165, 1.54) is 4.90 Å². The second-order valence-corrected chi connectivity index (χ2v) is 12.5. The molecule has 3 aliphatic heterocycles. The molecule has 2 N–H and O–H groups in total. The number of hydrogen-bond acceptors (Lipinski definition) is 7. The lowest BCUT2D eigenvalue weighted by atomic mass is 9.70.